The fourth-order valence-corrected chi connectivity index (χ4v) is 2.32. The summed E-state index contributed by atoms with van der Waals surface area (Å²) in [6, 6.07) is 10.5. The largest absolute Gasteiger partial charge is 0.489 e. The molecule has 1 aliphatic heterocycles. The van der Waals surface area contributed by atoms with Crippen LogP contribution in [0.25, 0.3) is 0 Å². The highest BCUT2D eigenvalue weighted by atomic mass is 35.5. The van der Waals surface area contributed by atoms with Gasteiger partial charge >= 0.3 is 0 Å². The Morgan fingerprint density at radius 2 is 2.10 bits per heavy atom. The zero-order valence-electron chi connectivity index (χ0n) is 10.8. The van der Waals surface area contributed by atoms with Gasteiger partial charge in [0.15, 0.2) is 0 Å². The first kappa shape index (κ1) is 13.1. The SMILES string of the molecule is Fc1cc(Cl)ccc1COc1ccc2c(c1)C=NCC2. The monoisotopic (exact) mass is 289 g/mol. The molecule has 0 unspecified atom stereocenters. The Morgan fingerprint density at radius 3 is 2.95 bits per heavy atom. The topological polar surface area (TPSA) is 21.6 Å². The molecule has 0 saturated carbocycles. The van der Waals surface area contributed by atoms with Crippen LogP contribution >= 0.6 is 11.6 Å². The number of aliphatic imine (C=N–C) groups is 1. The average Bonchev–Trinajstić information content (AvgIpc) is 2.46. The zero-order valence-corrected chi connectivity index (χ0v) is 11.5. The lowest BCUT2D eigenvalue weighted by Gasteiger charge is -2.12. The minimum Gasteiger partial charge on any atom is -0.489 e. The van der Waals surface area contributed by atoms with Crippen LogP contribution in [0, 0.1) is 5.82 Å². The Balaban J connectivity index is 1.74. The number of ether oxygens (including phenoxy) is 1. The lowest BCUT2D eigenvalue weighted by Crippen LogP contribution is -2.04. The van der Waals surface area contributed by atoms with E-state index in [0.717, 1.165) is 18.5 Å². The quantitative estimate of drug-likeness (QED) is 0.836. The minimum atomic E-state index is -0.350. The third-order valence-electron chi connectivity index (χ3n) is 3.27. The summed E-state index contributed by atoms with van der Waals surface area (Å²) in [5.74, 6) is 0.364. The number of fused-ring (bicyclic) bond motifs is 1. The molecule has 0 saturated heterocycles. The van der Waals surface area contributed by atoms with Gasteiger partial charge in [-0.25, -0.2) is 4.39 Å². The number of benzene rings is 2. The number of rotatable bonds is 3. The van der Waals surface area contributed by atoms with E-state index in [1.807, 2.05) is 24.4 Å². The van der Waals surface area contributed by atoms with Gasteiger partial charge in [-0.15, -0.1) is 0 Å². The Hall–Kier alpha value is -1.87. The molecule has 102 valence electrons. The van der Waals surface area contributed by atoms with Crippen LogP contribution in [0.2, 0.25) is 5.02 Å². The number of hydrogen-bond donors (Lipinski definition) is 0. The zero-order chi connectivity index (χ0) is 13.9. The van der Waals surface area contributed by atoms with E-state index in [-0.39, 0.29) is 12.4 Å². The van der Waals surface area contributed by atoms with Gasteiger partial charge in [0.1, 0.15) is 18.2 Å². The third kappa shape index (κ3) is 2.83. The van der Waals surface area contributed by atoms with Crippen molar-refractivity contribution in [3.05, 3.63) is 63.9 Å². The van der Waals surface area contributed by atoms with Crippen LogP contribution < -0.4 is 4.74 Å². The average molecular weight is 290 g/mol. The summed E-state index contributed by atoms with van der Waals surface area (Å²) in [6.45, 7) is 1.02. The standard InChI is InChI=1S/C16H13ClFNO/c17-14-3-1-12(16(18)8-14)10-20-15-4-2-11-5-6-19-9-13(11)7-15/h1-4,7-9H,5-6,10H2. The van der Waals surface area contributed by atoms with Gasteiger partial charge in [0.05, 0.1) is 0 Å². The van der Waals surface area contributed by atoms with Gasteiger partial charge in [-0.05, 0) is 41.8 Å². The van der Waals surface area contributed by atoms with Crippen molar-refractivity contribution in [3.63, 3.8) is 0 Å². The Morgan fingerprint density at radius 1 is 1.20 bits per heavy atom. The molecule has 0 aliphatic carbocycles. The predicted octanol–water partition coefficient (Wildman–Crippen LogP) is 4.03. The molecule has 2 aromatic rings. The maximum absolute atomic E-state index is 13.6. The highest BCUT2D eigenvalue weighted by Gasteiger charge is 2.08. The first-order chi connectivity index (χ1) is 9.72. The molecule has 2 aromatic carbocycles. The van der Waals surface area contributed by atoms with Gasteiger partial charge in [0.2, 0.25) is 0 Å². The van der Waals surface area contributed by atoms with E-state index < -0.39 is 0 Å². The fraction of sp³-hybridized carbons (Fsp3) is 0.188. The van der Waals surface area contributed by atoms with Crippen LogP contribution in [0.15, 0.2) is 41.4 Å². The van der Waals surface area contributed by atoms with Crippen molar-refractivity contribution < 1.29 is 9.13 Å². The van der Waals surface area contributed by atoms with Crippen LogP contribution in [0.1, 0.15) is 16.7 Å². The summed E-state index contributed by atoms with van der Waals surface area (Å²) in [6.07, 6.45) is 2.81. The van der Waals surface area contributed by atoms with Crippen molar-refractivity contribution in [2.75, 3.05) is 6.54 Å². The Bertz CT molecular complexity index is 670. The third-order valence-corrected chi connectivity index (χ3v) is 3.50. The van der Waals surface area contributed by atoms with E-state index in [4.69, 9.17) is 16.3 Å². The molecule has 2 nitrogen and oxygen atoms in total. The lowest BCUT2D eigenvalue weighted by atomic mass is 10.0. The predicted molar refractivity (Wildman–Crippen MR) is 78.3 cm³/mol. The van der Waals surface area contributed by atoms with Crippen LogP contribution in [-0.2, 0) is 13.0 Å². The summed E-state index contributed by atoms with van der Waals surface area (Å²) in [5, 5.41) is 0.385. The van der Waals surface area contributed by atoms with Gasteiger partial charge in [-0.3, -0.25) is 4.99 Å². The molecule has 4 heteroatoms. The van der Waals surface area contributed by atoms with E-state index in [2.05, 4.69) is 4.99 Å². The maximum Gasteiger partial charge on any atom is 0.131 e. The first-order valence-corrected chi connectivity index (χ1v) is 6.80. The van der Waals surface area contributed by atoms with E-state index in [1.165, 1.54) is 11.6 Å². The molecule has 0 bridgehead atoms. The second-order valence-corrected chi connectivity index (χ2v) is 5.11. The molecule has 0 N–H and O–H groups in total. The summed E-state index contributed by atoms with van der Waals surface area (Å²) < 4.78 is 19.3. The van der Waals surface area contributed by atoms with Crippen molar-refractivity contribution in [1.82, 2.24) is 0 Å². The van der Waals surface area contributed by atoms with Crippen molar-refractivity contribution in [1.29, 1.82) is 0 Å². The molecule has 1 heterocycles. The van der Waals surface area contributed by atoms with Crippen molar-refractivity contribution in [3.8, 4) is 5.75 Å². The van der Waals surface area contributed by atoms with Crippen LogP contribution in [0.3, 0.4) is 0 Å². The second-order valence-electron chi connectivity index (χ2n) is 4.67. The molecule has 3 rings (SSSR count). The van der Waals surface area contributed by atoms with Crippen LogP contribution in [0.4, 0.5) is 4.39 Å². The summed E-state index contributed by atoms with van der Waals surface area (Å²) >= 11 is 5.72. The van der Waals surface area contributed by atoms with E-state index in [9.17, 15) is 4.39 Å². The highest BCUT2D eigenvalue weighted by molar-refractivity contribution is 6.30. The molecule has 0 radical (unpaired) electrons. The Kier molecular flexibility index (Phi) is 3.70. The summed E-state index contributed by atoms with van der Waals surface area (Å²) in [7, 11) is 0. The second kappa shape index (κ2) is 5.63. The Labute approximate surface area is 121 Å². The first-order valence-electron chi connectivity index (χ1n) is 6.42. The molecule has 0 fully saturated rings. The molecule has 0 aromatic heterocycles. The number of nitrogens with zero attached hydrogens (tertiary/aromatic N) is 1. The van der Waals surface area contributed by atoms with Crippen molar-refractivity contribution >= 4 is 17.8 Å². The molecule has 0 amide bonds. The van der Waals surface area contributed by atoms with Crippen LogP contribution in [0.5, 0.6) is 5.75 Å². The van der Waals surface area contributed by atoms with E-state index >= 15 is 0 Å². The van der Waals surface area contributed by atoms with E-state index in [1.54, 1.807) is 12.1 Å². The highest BCUT2D eigenvalue weighted by Crippen LogP contribution is 2.21. The minimum absolute atomic E-state index is 0.179. The van der Waals surface area contributed by atoms with Gasteiger partial charge < -0.3 is 4.74 Å². The molecular weight excluding hydrogens is 277 g/mol. The molecule has 1 aliphatic rings. The fourth-order valence-electron chi connectivity index (χ4n) is 2.16. The molecule has 0 atom stereocenters. The molecular formula is C16H13ClFNO. The van der Waals surface area contributed by atoms with Gasteiger partial charge in [0.25, 0.3) is 0 Å². The molecule has 20 heavy (non-hydrogen) atoms. The van der Waals surface area contributed by atoms with Gasteiger partial charge in [0, 0.05) is 23.3 Å². The lowest BCUT2D eigenvalue weighted by molar-refractivity contribution is 0.299. The number of halogens is 2. The molecule has 0 spiro atoms. The summed E-state index contributed by atoms with van der Waals surface area (Å²) in [4.78, 5) is 4.25. The number of hydrogen-bond acceptors (Lipinski definition) is 2. The van der Waals surface area contributed by atoms with Crippen molar-refractivity contribution in [2.24, 2.45) is 4.99 Å². The van der Waals surface area contributed by atoms with Crippen LogP contribution in [-0.4, -0.2) is 12.8 Å². The van der Waals surface area contributed by atoms with E-state index in [0.29, 0.717) is 16.3 Å². The smallest absolute Gasteiger partial charge is 0.131 e. The summed E-state index contributed by atoms with van der Waals surface area (Å²) in [5.41, 5.74) is 2.83. The normalized spacial score (nSPS) is 13.1. The maximum atomic E-state index is 13.6. The van der Waals surface area contributed by atoms with Crippen molar-refractivity contribution in [2.45, 2.75) is 13.0 Å². The van der Waals surface area contributed by atoms with Gasteiger partial charge in [-0.2, -0.15) is 0 Å². The van der Waals surface area contributed by atoms with Gasteiger partial charge in [-0.1, -0.05) is 23.7 Å².